The summed E-state index contributed by atoms with van der Waals surface area (Å²) in [6.45, 7) is -0.337. The minimum absolute atomic E-state index is 0.337. The summed E-state index contributed by atoms with van der Waals surface area (Å²) < 4.78 is 507. The summed E-state index contributed by atoms with van der Waals surface area (Å²) >= 11 is 0. The molecule has 42 heteroatoms. The average molecular weight is 1080 g/mol. The van der Waals surface area contributed by atoms with Crippen LogP contribution < -0.4 is 0 Å². The maximum atomic E-state index is 14.0. The fraction of sp³-hybridized carbons (Fsp3) is 1.00. The molecule has 386 valence electrons. The molecule has 0 aliphatic heterocycles. The van der Waals surface area contributed by atoms with Crippen LogP contribution >= 0.6 is 0 Å². The van der Waals surface area contributed by atoms with Crippen LogP contribution in [0.5, 0.6) is 0 Å². The van der Waals surface area contributed by atoms with Crippen molar-refractivity contribution in [2.24, 2.45) is 0 Å². The molecule has 0 aromatic heterocycles. The van der Waals surface area contributed by atoms with E-state index in [2.05, 4.69) is 8.37 Å². The van der Waals surface area contributed by atoms with Gasteiger partial charge in [-0.2, -0.15) is 166 Å². The van der Waals surface area contributed by atoms with E-state index in [0.29, 0.717) is 0 Å². The first-order valence-corrected chi connectivity index (χ1v) is 17.4. The first kappa shape index (κ1) is 61.4. The molecule has 0 fully saturated rings. The molecular weight excluding hydrogens is 1070 g/mol. The lowest BCUT2D eigenvalue weighted by Gasteiger charge is -2.42. The van der Waals surface area contributed by atoms with Crippen molar-refractivity contribution < 1.29 is 174 Å². The molecule has 0 aromatic rings. The van der Waals surface area contributed by atoms with Crippen molar-refractivity contribution in [1.29, 1.82) is 0 Å². The van der Waals surface area contributed by atoms with Crippen LogP contribution in [-0.2, 0) is 28.6 Å². The third-order valence-corrected chi connectivity index (χ3v) is 10.0. The smallest absolute Gasteiger partial charge is 0.237 e. The molecule has 0 bridgehead atoms. The van der Waals surface area contributed by atoms with E-state index < -0.39 is 146 Å². The molecule has 0 amide bonds. The van der Waals surface area contributed by atoms with Gasteiger partial charge in [0.2, 0.25) is 0 Å². The predicted octanol–water partition coefficient (Wildman–Crippen LogP) is 10.8. The molecule has 0 radical (unpaired) electrons. The first-order valence-electron chi connectivity index (χ1n) is 14.3. The Labute approximate surface area is 328 Å². The van der Waals surface area contributed by atoms with Crippen LogP contribution in [0.25, 0.3) is 0 Å². The van der Waals surface area contributed by atoms with Crippen LogP contribution in [0.1, 0.15) is 19.8 Å². The Kier molecular flexibility index (Phi) is 15.7. The van der Waals surface area contributed by atoms with Gasteiger partial charge in [-0.25, -0.2) is 8.37 Å². The summed E-state index contributed by atoms with van der Waals surface area (Å²) in [5, 5.41) is 0. The highest BCUT2D eigenvalue weighted by Crippen LogP contribution is 2.66. The van der Waals surface area contributed by atoms with E-state index in [0.717, 1.165) is 0 Å². The molecule has 0 aromatic carbocycles. The molecule has 0 heterocycles. The predicted molar refractivity (Wildman–Crippen MR) is 130 cm³/mol. The zero-order valence-electron chi connectivity index (χ0n) is 28.5. The van der Waals surface area contributed by atoms with Crippen molar-refractivity contribution in [3.05, 3.63) is 0 Å². The van der Waals surface area contributed by atoms with Crippen molar-refractivity contribution in [1.82, 2.24) is 0 Å². The van der Waals surface area contributed by atoms with E-state index in [1.165, 1.54) is 0 Å². The largest absolute Gasteiger partial charge is 0.460 e. The Morgan fingerprint density at radius 1 is 0.297 bits per heavy atom. The van der Waals surface area contributed by atoms with Crippen molar-refractivity contribution in [2.45, 2.75) is 121 Å². The minimum Gasteiger partial charge on any atom is -0.237 e. The van der Waals surface area contributed by atoms with Gasteiger partial charge in [0, 0.05) is 12.8 Å². The SMILES string of the molecule is CC(OS(=O)(=O)CCC(F)(F)C(F)(F)C(F)(F)C(F)(F)C(F)(F)C(F)(F)C(F)(F)C(F)(F)F)OS(=O)(=O)CCC(F)(F)C(F)(F)C(F)(F)C(F)(F)C(F)(F)C(F)(F)C(F)(F)C(F)(F)F. The summed E-state index contributed by atoms with van der Waals surface area (Å²) in [4.78, 5) is 0. The van der Waals surface area contributed by atoms with E-state index in [-0.39, 0.29) is 6.92 Å². The molecule has 0 atom stereocenters. The number of hydrogen-bond acceptors (Lipinski definition) is 6. The van der Waals surface area contributed by atoms with Crippen LogP contribution in [-0.4, -0.2) is 130 Å². The second kappa shape index (κ2) is 16.3. The van der Waals surface area contributed by atoms with Gasteiger partial charge >= 0.3 is 95.3 Å². The Hall–Kier alpha value is -2.56. The van der Waals surface area contributed by atoms with Gasteiger partial charge in [-0.05, 0) is 6.92 Å². The third kappa shape index (κ3) is 9.34. The topological polar surface area (TPSA) is 86.7 Å². The Balaban J connectivity index is 6.38. The highest BCUT2D eigenvalue weighted by molar-refractivity contribution is 7.87. The number of halogens is 34. The highest BCUT2D eigenvalue weighted by Gasteiger charge is 2.97. The molecule has 0 unspecified atom stereocenters. The lowest BCUT2D eigenvalue weighted by atomic mass is 9.88. The molecular formula is C22H12F34O6S2. The Bertz CT molecular complexity index is 1750. The van der Waals surface area contributed by atoms with Crippen molar-refractivity contribution in [2.75, 3.05) is 11.5 Å². The summed E-state index contributed by atoms with van der Waals surface area (Å²) in [5.41, 5.74) is 0. The van der Waals surface area contributed by atoms with E-state index in [4.69, 9.17) is 0 Å². The van der Waals surface area contributed by atoms with Gasteiger partial charge in [-0.15, -0.1) is 0 Å². The summed E-state index contributed by atoms with van der Waals surface area (Å²) in [6.07, 6.45) is -27.5. The van der Waals surface area contributed by atoms with Crippen LogP contribution in [0.2, 0.25) is 0 Å². The van der Waals surface area contributed by atoms with Gasteiger partial charge in [0.1, 0.15) is 0 Å². The van der Waals surface area contributed by atoms with Gasteiger partial charge in [0.25, 0.3) is 20.2 Å². The fourth-order valence-electron chi connectivity index (χ4n) is 3.74. The van der Waals surface area contributed by atoms with E-state index in [1.807, 2.05) is 0 Å². The van der Waals surface area contributed by atoms with Crippen LogP contribution in [0.15, 0.2) is 0 Å². The van der Waals surface area contributed by atoms with E-state index >= 15 is 0 Å². The molecule has 0 spiro atoms. The summed E-state index contributed by atoms with van der Waals surface area (Å²) in [5.74, 6) is -128. The van der Waals surface area contributed by atoms with Crippen LogP contribution in [0.4, 0.5) is 149 Å². The number of rotatable bonds is 22. The third-order valence-electron chi connectivity index (χ3n) is 7.47. The zero-order valence-corrected chi connectivity index (χ0v) is 30.2. The normalized spacial score (nSPS) is 16.8. The maximum absolute atomic E-state index is 14.0. The number of hydrogen-bond donors (Lipinski definition) is 0. The van der Waals surface area contributed by atoms with Crippen LogP contribution in [0.3, 0.4) is 0 Å². The van der Waals surface area contributed by atoms with Gasteiger partial charge in [0.05, 0.1) is 11.5 Å². The van der Waals surface area contributed by atoms with Crippen LogP contribution in [0, 0.1) is 0 Å². The molecule has 0 rings (SSSR count). The lowest BCUT2D eigenvalue weighted by molar-refractivity contribution is -0.461. The molecule has 64 heavy (non-hydrogen) atoms. The van der Waals surface area contributed by atoms with Gasteiger partial charge in [-0.1, -0.05) is 0 Å². The molecule has 0 saturated carbocycles. The lowest BCUT2D eigenvalue weighted by Crippen LogP contribution is -2.74. The van der Waals surface area contributed by atoms with Gasteiger partial charge in [0.15, 0.2) is 6.29 Å². The van der Waals surface area contributed by atoms with Crippen molar-refractivity contribution in [3.8, 4) is 0 Å². The molecule has 0 N–H and O–H groups in total. The monoisotopic (exact) mass is 1080 g/mol. The summed E-state index contributed by atoms with van der Waals surface area (Å²) in [6, 6.07) is 0. The molecule has 0 aliphatic carbocycles. The molecule has 6 nitrogen and oxygen atoms in total. The standard InChI is InChI=1S/C22H12F34O6S2/c1-6(61-63(57,58)4-2-7(23,24)9(27,28)11(31,32)13(35,36)15(39,40)17(43,44)19(47,48)21(51,52)53)62-64(59,60)5-3-8(25,26)10(29,30)12(33,34)14(37,38)16(41,42)18(45,46)20(49,50)22(54,55)56/h6H,2-5H2,1H3. The van der Waals surface area contributed by atoms with Gasteiger partial charge < -0.3 is 0 Å². The van der Waals surface area contributed by atoms with Crippen molar-refractivity contribution in [3.63, 3.8) is 0 Å². The maximum Gasteiger partial charge on any atom is 0.460 e. The fourth-order valence-corrected chi connectivity index (χ4v) is 5.90. The zero-order chi connectivity index (χ0) is 52.8. The molecule has 0 aliphatic rings. The summed E-state index contributed by atoms with van der Waals surface area (Å²) in [7, 11) is -13.2. The minimum atomic E-state index is -9.14. The van der Waals surface area contributed by atoms with E-state index in [1.54, 1.807) is 0 Å². The Morgan fingerprint density at radius 2 is 0.453 bits per heavy atom. The first-order chi connectivity index (χ1) is 27.0. The van der Waals surface area contributed by atoms with E-state index in [9.17, 15) is 166 Å². The Morgan fingerprint density at radius 3 is 0.625 bits per heavy atom. The quantitative estimate of drug-likeness (QED) is 0.0610. The average Bonchev–Trinajstić information content (AvgIpc) is 3.03. The second-order valence-corrected chi connectivity index (χ2v) is 15.5. The molecule has 0 saturated heterocycles. The van der Waals surface area contributed by atoms with Crippen molar-refractivity contribution >= 4 is 20.2 Å². The second-order valence-electron chi connectivity index (χ2n) is 12.1. The highest BCUT2D eigenvalue weighted by atomic mass is 32.2. The van der Waals surface area contributed by atoms with Gasteiger partial charge in [-0.3, -0.25) is 0 Å². The number of alkyl halides is 34.